The van der Waals surface area contributed by atoms with E-state index in [0.29, 0.717) is 0 Å². The van der Waals surface area contributed by atoms with Gasteiger partial charge in [0.15, 0.2) is 5.79 Å². The Morgan fingerprint density at radius 3 is 1.80 bits per heavy atom. The number of hydrogen-bond acceptors (Lipinski definition) is 2. The predicted octanol–water partition coefficient (Wildman–Crippen LogP) is -1.62. The number of rotatable bonds is 0. The Kier molecular flexibility index (Phi) is 4.07. The van der Waals surface area contributed by atoms with E-state index in [2.05, 4.69) is 27.9 Å². The van der Waals surface area contributed by atoms with E-state index >= 15 is 0 Å². The van der Waals surface area contributed by atoms with Crippen molar-refractivity contribution in [2.75, 3.05) is 27.2 Å². The fourth-order valence-electron chi connectivity index (χ4n) is 2.32. The third-order valence-corrected chi connectivity index (χ3v) is 3.66. The molecule has 3 nitrogen and oxygen atoms in total. The van der Waals surface area contributed by atoms with Crippen molar-refractivity contribution in [3.8, 4) is 0 Å². The first-order valence-corrected chi connectivity index (χ1v) is 5.60. The summed E-state index contributed by atoms with van der Waals surface area (Å²) in [6.45, 7) is 6.51. The molecule has 2 heterocycles. The van der Waals surface area contributed by atoms with Gasteiger partial charge in [0, 0.05) is 0 Å². The summed E-state index contributed by atoms with van der Waals surface area (Å²) in [7, 11) is 4.54. The van der Waals surface area contributed by atoms with Gasteiger partial charge in [0.2, 0.25) is 0 Å². The minimum absolute atomic E-state index is 0. The molecule has 15 heavy (non-hydrogen) atoms. The number of halogens is 1. The maximum atomic E-state index is 5.96. The Bertz CT molecular complexity index is 211. The number of likely N-dealkylation sites (tertiary alicyclic amines) is 1. The molecular formula is C11H22INO2. The van der Waals surface area contributed by atoms with Crippen LogP contribution in [0.2, 0.25) is 0 Å². The van der Waals surface area contributed by atoms with Crippen LogP contribution >= 0.6 is 0 Å². The van der Waals surface area contributed by atoms with Crippen LogP contribution in [0.25, 0.3) is 0 Å². The zero-order valence-corrected chi connectivity index (χ0v) is 12.3. The Balaban J connectivity index is 0.00000112. The van der Waals surface area contributed by atoms with E-state index in [1.54, 1.807) is 0 Å². The summed E-state index contributed by atoms with van der Waals surface area (Å²) in [5.41, 5.74) is 0. The van der Waals surface area contributed by atoms with E-state index in [9.17, 15) is 0 Å². The van der Waals surface area contributed by atoms with Crippen LogP contribution in [-0.2, 0) is 9.47 Å². The molecule has 0 amide bonds. The standard InChI is InChI=1S/C11H22NO2.HI/c1-9-10(2)14-11(13-9)5-7-12(3,4)8-6-11;/h9-10H,5-8H2,1-4H3;1H/q+1;/p-1. The Morgan fingerprint density at radius 2 is 1.40 bits per heavy atom. The largest absolute Gasteiger partial charge is 1.00 e. The molecule has 2 aliphatic rings. The van der Waals surface area contributed by atoms with Crippen LogP contribution in [-0.4, -0.2) is 49.7 Å². The molecular weight excluding hydrogens is 305 g/mol. The highest BCUT2D eigenvalue weighted by Crippen LogP contribution is 2.37. The molecule has 2 rings (SSSR count). The van der Waals surface area contributed by atoms with Crippen LogP contribution in [0.3, 0.4) is 0 Å². The quantitative estimate of drug-likeness (QED) is 0.393. The Labute approximate surface area is 110 Å². The third-order valence-electron chi connectivity index (χ3n) is 3.66. The van der Waals surface area contributed by atoms with E-state index in [-0.39, 0.29) is 42.0 Å². The summed E-state index contributed by atoms with van der Waals surface area (Å²) in [5, 5.41) is 0. The lowest BCUT2D eigenvalue weighted by Crippen LogP contribution is -3.00. The van der Waals surface area contributed by atoms with Gasteiger partial charge in [0.05, 0.1) is 52.2 Å². The van der Waals surface area contributed by atoms with Gasteiger partial charge in [-0.25, -0.2) is 0 Å². The third kappa shape index (κ3) is 2.84. The highest BCUT2D eigenvalue weighted by atomic mass is 127. The summed E-state index contributed by atoms with van der Waals surface area (Å²) in [6, 6.07) is 0. The maximum Gasteiger partial charge on any atom is 0.179 e. The van der Waals surface area contributed by atoms with Crippen LogP contribution in [0, 0.1) is 0 Å². The van der Waals surface area contributed by atoms with Crippen molar-refractivity contribution in [1.82, 2.24) is 0 Å². The molecule has 2 aliphatic heterocycles. The molecule has 0 saturated carbocycles. The van der Waals surface area contributed by atoms with Crippen molar-refractivity contribution < 1.29 is 37.9 Å². The average molecular weight is 327 g/mol. The van der Waals surface area contributed by atoms with Crippen molar-refractivity contribution in [3.05, 3.63) is 0 Å². The van der Waals surface area contributed by atoms with E-state index in [1.165, 1.54) is 0 Å². The monoisotopic (exact) mass is 327 g/mol. The molecule has 0 bridgehead atoms. The van der Waals surface area contributed by atoms with Crippen molar-refractivity contribution in [2.45, 2.75) is 44.7 Å². The lowest BCUT2D eigenvalue weighted by molar-refractivity contribution is -0.898. The van der Waals surface area contributed by atoms with E-state index in [4.69, 9.17) is 9.47 Å². The first kappa shape index (κ1) is 13.7. The van der Waals surface area contributed by atoms with Gasteiger partial charge in [-0.05, 0) is 13.8 Å². The summed E-state index contributed by atoms with van der Waals surface area (Å²) < 4.78 is 13.0. The molecule has 0 radical (unpaired) electrons. The highest BCUT2D eigenvalue weighted by Gasteiger charge is 2.48. The molecule has 90 valence electrons. The van der Waals surface area contributed by atoms with Gasteiger partial charge >= 0.3 is 0 Å². The zero-order chi connectivity index (χ0) is 10.4. The number of hydrogen-bond donors (Lipinski definition) is 0. The lowest BCUT2D eigenvalue weighted by Gasteiger charge is -2.41. The zero-order valence-electron chi connectivity index (χ0n) is 10.1. The van der Waals surface area contributed by atoms with E-state index in [1.807, 2.05) is 0 Å². The SMILES string of the molecule is CC1OC2(CC[N+](C)(C)CC2)OC1C.[I-]. The minimum Gasteiger partial charge on any atom is -1.00 e. The maximum absolute atomic E-state index is 5.96. The van der Waals surface area contributed by atoms with Crippen molar-refractivity contribution in [2.24, 2.45) is 0 Å². The smallest absolute Gasteiger partial charge is 0.179 e. The summed E-state index contributed by atoms with van der Waals surface area (Å²) >= 11 is 0. The van der Waals surface area contributed by atoms with Gasteiger partial charge in [-0.15, -0.1) is 0 Å². The number of quaternary nitrogens is 1. The van der Waals surface area contributed by atoms with Gasteiger partial charge in [-0.3, -0.25) is 0 Å². The van der Waals surface area contributed by atoms with Gasteiger partial charge in [0.1, 0.15) is 0 Å². The second-order valence-electron chi connectivity index (χ2n) is 5.44. The highest BCUT2D eigenvalue weighted by molar-refractivity contribution is 4.83. The molecule has 0 aromatic rings. The van der Waals surface area contributed by atoms with Gasteiger partial charge in [-0.1, -0.05) is 0 Å². The first-order valence-electron chi connectivity index (χ1n) is 5.60. The minimum atomic E-state index is -0.243. The summed E-state index contributed by atoms with van der Waals surface area (Å²) in [6.07, 6.45) is 2.58. The molecule has 0 aromatic carbocycles. The fourth-order valence-corrected chi connectivity index (χ4v) is 2.32. The normalized spacial score (nSPS) is 37.6. The Morgan fingerprint density at radius 1 is 1.00 bits per heavy atom. The summed E-state index contributed by atoms with van der Waals surface area (Å²) in [5.74, 6) is -0.243. The second kappa shape index (κ2) is 4.47. The first-order chi connectivity index (χ1) is 6.43. The Hall–Kier alpha value is 0.610. The van der Waals surface area contributed by atoms with Gasteiger partial charge in [-0.2, -0.15) is 0 Å². The molecule has 0 aromatic heterocycles. The lowest BCUT2D eigenvalue weighted by atomic mass is 10.0. The van der Waals surface area contributed by atoms with E-state index < -0.39 is 0 Å². The van der Waals surface area contributed by atoms with Crippen molar-refractivity contribution in [3.63, 3.8) is 0 Å². The molecule has 4 heteroatoms. The topological polar surface area (TPSA) is 18.5 Å². The molecule has 2 saturated heterocycles. The number of piperidine rings is 1. The van der Waals surface area contributed by atoms with Crippen LogP contribution in [0.4, 0.5) is 0 Å². The van der Waals surface area contributed by atoms with Crippen LogP contribution < -0.4 is 24.0 Å². The van der Waals surface area contributed by atoms with Crippen LogP contribution in [0.5, 0.6) is 0 Å². The molecule has 0 N–H and O–H groups in total. The van der Waals surface area contributed by atoms with Crippen molar-refractivity contribution in [1.29, 1.82) is 0 Å². The molecule has 2 unspecified atom stereocenters. The molecule has 1 spiro atoms. The number of ether oxygens (including phenoxy) is 2. The van der Waals surface area contributed by atoms with Gasteiger partial charge < -0.3 is 37.9 Å². The van der Waals surface area contributed by atoms with Crippen molar-refractivity contribution >= 4 is 0 Å². The van der Waals surface area contributed by atoms with Gasteiger partial charge in [0.25, 0.3) is 0 Å². The van der Waals surface area contributed by atoms with Crippen LogP contribution in [0.15, 0.2) is 0 Å². The fraction of sp³-hybridized carbons (Fsp3) is 1.00. The second-order valence-corrected chi connectivity index (χ2v) is 5.44. The summed E-state index contributed by atoms with van der Waals surface area (Å²) in [4.78, 5) is 0. The van der Waals surface area contributed by atoms with E-state index in [0.717, 1.165) is 30.4 Å². The molecule has 0 aliphatic carbocycles. The molecule has 2 atom stereocenters. The van der Waals surface area contributed by atoms with Crippen LogP contribution in [0.1, 0.15) is 26.7 Å². The predicted molar refractivity (Wildman–Crippen MR) is 54.9 cm³/mol. The number of nitrogens with zero attached hydrogens (tertiary/aromatic N) is 1. The average Bonchev–Trinajstić information content (AvgIpc) is 2.36. The molecule has 2 fully saturated rings.